The molecule has 1 N–H and O–H groups in total. The van der Waals surface area contributed by atoms with E-state index >= 15 is 0 Å². The van der Waals surface area contributed by atoms with Gasteiger partial charge in [0, 0.05) is 32.4 Å². The van der Waals surface area contributed by atoms with E-state index in [2.05, 4.69) is 30.6 Å². The third-order valence-corrected chi connectivity index (χ3v) is 14.7. The van der Waals surface area contributed by atoms with Crippen LogP contribution in [-0.4, -0.2) is 98.5 Å². The SMILES string of the molecule is CCCCCCCCCCCOC(=O)CCCCCCCN(CCCO)CCCN(CCCCCCCC(=O)OCCCCCCCCCCC)CCCCCCCC(=O)OCCCCCCCCCCC. The van der Waals surface area contributed by atoms with Gasteiger partial charge in [-0.25, -0.2) is 0 Å². The number of rotatable bonds is 61. The summed E-state index contributed by atoms with van der Waals surface area (Å²) >= 11 is 0. The van der Waals surface area contributed by atoms with Crippen molar-refractivity contribution in [1.82, 2.24) is 9.80 Å². The highest BCUT2D eigenvalue weighted by Crippen LogP contribution is 2.15. The molecule has 0 aromatic rings. The molecular formula is C63H124N2O7. The topological polar surface area (TPSA) is 106 Å². The van der Waals surface area contributed by atoms with Crippen molar-refractivity contribution < 1.29 is 33.7 Å². The van der Waals surface area contributed by atoms with Crippen LogP contribution >= 0.6 is 0 Å². The van der Waals surface area contributed by atoms with Gasteiger partial charge in [-0.1, -0.05) is 233 Å². The number of aliphatic hydroxyl groups excluding tert-OH is 1. The molecule has 0 heterocycles. The Labute approximate surface area is 448 Å². The molecule has 0 spiro atoms. The number of hydrogen-bond acceptors (Lipinski definition) is 9. The van der Waals surface area contributed by atoms with Crippen LogP contribution in [0.25, 0.3) is 0 Å². The minimum atomic E-state index is -0.0271. The minimum Gasteiger partial charge on any atom is -0.466 e. The number of nitrogens with zero attached hydrogens (tertiary/aromatic N) is 2. The lowest BCUT2D eigenvalue weighted by molar-refractivity contribution is -0.144. The van der Waals surface area contributed by atoms with Gasteiger partial charge >= 0.3 is 17.9 Å². The average Bonchev–Trinajstić information content (AvgIpc) is 3.38. The monoisotopic (exact) mass is 1020 g/mol. The molecule has 0 aromatic carbocycles. The van der Waals surface area contributed by atoms with E-state index in [1.807, 2.05) is 0 Å². The molecule has 0 saturated heterocycles. The molecule has 0 fully saturated rings. The molecule has 0 rings (SSSR count). The average molecular weight is 1020 g/mol. The maximum Gasteiger partial charge on any atom is 0.305 e. The number of unbranched alkanes of at least 4 members (excludes halogenated alkanes) is 36. The van der Waals surface area contributed by atoms with Gasteiger partial charge in [-0.2, -0.15) is 0 Å². The molecule has 0 radical (unpaired) electrons. The summed E-state index contributed by atoms with van der Waals surface area (Å²) in [6.45, 7) is 15.2. The van der Waals surface area contributed by atoms with Crippen molar-refractivity contribution in [2.24, 2.45) is 0 Å². The second-order valence-corrected chi connectivity index (χ2v) is 21.8. The number of esters is 3. The Morgan fingerprint density at radius 2 is 0.472 bits per heavy atom. The van der Waals surface area contributed by atoms with Gasteiger partial charge in [0.2, 0.25) is 0 Å². The summed E-state index contributed by atoms with van der Waals surface area (Å²) in [5, 5.41) is 9.65. The van der Waals surface area contributed by atoms with Crippen molar-refractivity contribution in [2.75, 3.05) is 65.7 Å². The van der Waals surface area contributed by atoms with Crippen LogP contribution < -0.4 is 0 Å². The number of aliphatic hydroxyl groups is 1. The molecule has 0 bridgehead atoms. The highest BCUT2D eigenvalue weighted by Gasteiger charge is 2.11. The van der Waals surface area contributed by atoms with E-state index in [9.17, 15) is 19.5 Å². The van der Waals surface area contributed by atoms with Gasteiger partial charge in [0.1, 0.15) is 0 Å². The van der Waals surface area contributed by atoms with E-state index in [1.165, 1.54) is 199 Å². The number of hydrogen-bond donors (Lipinski definition) is 1. The summed E-state index contributed by atoms with van der Waals surface area (Å²) in [6.07, 6.45) is 54.6. The molecule has 0 aliphatic heterocycles. The van der Waals surface area contributed by atoms with Crippen LogP contribution in [0.2, 0.25) is 0 Å². The smallest absolute Gasteiger partial charge is 0.305 e. The lowest BCUT2D eigenvalue weighted by Crippen LogP contribution is -2.33. The summed E-state index contributed by atoms with van der Waals surface area (Å²) in [6, 6.07) is 0. The van der Waals surface area contributed by atoms with E-state index < -0.39 is 0 Å². The Hall–Kier alpha value is -1.71. The number of ether oxygens (including phenoxy) is 3. The highest BCUT2D eigenvalue weighted by molar-refractivity contribution is 5.69. The zero-order chi connectivity index (χ0) is 52.3. The van der Waals surface area contributed by atoms with Crippen LogP contribution in [0.5, 0.6) is 0 Å². The summed E-state index contributed by atoms with van der Waals surface area (Å²) < 4.78 is 16.6. The quantitative estimate of drug-likeness (QED) is 0.0362. The third kappa shape index (κ3) is 56.0. The van der Waals surface area contributed by atoms with Gasteiger partial charge in [0.15, 0.2) is 0 Å². The van der Waals surface area contributed by atoms with Crippen LogP contribution in [0.4, 0.5) is 0 Å². The first kappa shape index (κ1) is 70.3. The van der Waals surface area contributed by atoms with Crippen molar-refractivity contribution in [1.29, 1.82) is 0 Å². The van der Waals surface area contributed by atoms with Gasteiger partial charge in [-0.3, -0.25) is 14.4 Å². The summed E-state index contributed by atoms with van der Waals surface area (Å²) in [7, 11) is 0. The van der Waals surface area contributed by atoms with Gasteiger partial charge in [-0.15, -0.1) is 0 Å². The summed E-state index contributed by atoms with van der Waals surface area (Å²) in [4.78, 5) is 42.1. The van der Waals surface area contributed by atoms with Crippen LogP contribution in [0.1, 0.15) is 323 Å². The Balaban J connectivity index is 4.51. The molecule has 9 nitrogen and oxygen atoms in total. The molecular weight excluding hydrogens is 897 g/mol. The number of carbonyl (C=O) groups is 3. The van der Waals surface area contributed by atoms with Gasteiger partial charge < -0.3 is 29.1 Å². The second-order valence-electron chi connectivity index (χ2n) is 21.8. The first-order chi connectivity index (χ1) is 35.5. The highest BCUT2D eigenvalue weighted by atomic mass is 16.5. The zero-order valence-electron chi connectivity index (χ0n) is 48.6. The normalized spacial score (nSPS) is 11.6. The molecule has 0 unspecified atom stereocenters. The van der Waals surface area contributed by atoms with Crippen molar-refractivity contribution in [3.63, 3.8) is 0 Å². The third-order valence-electron chi connectivity index (χ3n) is 14.7. The van der Waals surface area contributed by atoms with Gasteiger partial charge in [-0.05, 0) is 103 Å². The molecule has 0 aromatic heterocycles. The van der Waals surface area contributed by atoms with Crippen molar-refractivity contribution in [3.8, 4) is 0 Å². The molecule has 72 heavy (non-hydrogen) atoms. The first-order valence-corrected chi connectivity index (χ1v) is 32.0. The predicted octanol–water partition coefficient (Wildman–Crippen LogP) is 17.6. The van der Waals surface area contributed by atoms with Crippen molar-refractivity contribution in [2.45, 2.75) is 323 Å². The van der Waals surface area contributed by atoms with E-state index in [-0.39, 0.29) is 24.5 Å². The Morgan fingerprint density at radius 1 is 0.264 bits per heavy atom. The van der Waals surface area contributed by atoms with Crippen LogP contribution in [-0.2, 0) is 28.6 Å². The molecule has 0 aliphatic rings. The Kier molecular flexibility index (Phi) is 58.7. The van der Waals surface area contributed by atoms with Crippen LogP contribution in [0.15, 0.2) is 0 Å². The maximum absolute atomic E-state index is 12.3. The Morgan fingerprint density at radius 3 is 0.736 bits per heavy atom. The molecule has 9 heteroatoms. The summed E-state index contributed by atoms with van der Waals surface area (Å²) in [5.74, 6) is -0.0707. The Bertz CT molecular complexity index is 1060. The zero-order valence-corrected chi connectivity index (χ0v) is 48.6. The van der Waals surface area contributed by atoms with Crippen LogP contribution in [0, 0.1) is 0 Å². The molecule has 0 amide bonds. The second kappa shape index (κ2) is 60.2. The first-order valence-electron chi connectivity index (χ1n) is 32.0. The van der Waals surface area contributed by atoms with E-state index in [4.69, 9.17) is 14.2 Å². The maximum atomic E-state index is 12.3. The minimum absolute atomic E-state index is 0.0218. The molecule has 0 aliphatic carbocycles. The fraction of sp³-hybridized carbons (Fsp3) is 0.952. The fourth-order valence-electron chi connectivity index (χ4n) is 9.90. The van der Waals surface area contributed by atoms with Crippen LogP contribution in [0.3, 0.4) is 0 Å². The largest absolute Gasteiger partial charge is 0.466 e. The van der Waals surface area contributed by atoms with Gasteiger partial charge in [0.25, 0.3) is 0 Å². The molecule has 0 atom stereocenters. The fourth-order valence-corrected chi connectivity index (χ4v) is 9.90. The van der Waals surface area contributed by atoms with Crippen molar-refractivity contribution >= 4 is 17.9 Å². The molecule has 428 valence electrons. The lowest BCUT2D eigenvalue weighted by Gasteiger charge is -2.26. The number of carbonyl (C=O) groups excluding carboxylic acids is 3. The van der Waals surface area contributed by atoms with Gasteiger partial charge in [0.05, 0.1) is 19.8 Å². The van der Waals surface area contributed by atoms with E-state index in [0.29, 0.717) is 39.1 Å². The van der Waals surface area contributed by atoms with Crippen molar-refractivity contribution in [3.05, 3.63) is 0 Å². The standard InChI is InChI=1S/C63H124N2O7/c1-4-7-10-13-16-19-22-34-43-58-70-61(67)48-37-28-25-31-40-51-64(52-41-32-26-29-38-49-62(68)71-59-44-35-23-20-17-14-11-8-5-2)54-46-55-65(56-47-57-66)53-42-33-27-30-39-50-63(69)72-60-45-36-24-21-18-15-12-9-6-3/h66H,4-60H2,1-3H3. The van der Waals surface area contributed by atoms with E-state index in [0.717, 1.165) is 123 Å². The molecule has 0 saturated carbocycles. The van der Waals surface area contributed by atoms with E-state index in [1.54, 1.807) is 0 Å². The lowest BCUT2D eigenvalue weighted by atomic mass is 10.1. The predicted molar refractivity (Wildman–Crippen MR) is 307 cm³/mol. The summed E-state index contributed by atoms with van der Waals surface area (Å²) in [5.41, 5.74) is 0.